The standard InChI is InChI=1S/C18H21N3O7S2/c1-4-13(25)28-17-9(3)14(16(26)27-5-2)15(30-17)20-18(29)19-10(22)8-21-11(23)6-7-12(21)24/h4-8H2,1-3H3,(H2,19,20,22,29). The van der Waals surface area contributed by atoms with Crippen molar-refractivity contribution in [3.63, 3.8) is 0 Å². The van der Waals surface area contributed by atoms with Crippen molar-refractivity contribution in [1.29, 1.82) is 0 Å². The summed E-state index contributed by atoms with van der Waals surface area (Å²) in [7, 11) is 0. The smallest absolute Gasteiger partial charge is 0.341 e. The first-order chi connectivity index (χ1) is 14.2. The number of anilines is 1. The average molecular weight is 456 g/mol. The Morgan fingerprint density at radius 2 is 1.80 bits per heavy atom. The molecule has 10 nitrogen and oxygen atoms in total. The fraction of sp³-hybridized carbons (Fsp3) is 0.444. The molecule has 1 aromatic heterocycles. The number of imide groups is 1. The average Bonchev–Trinajstić information content (AvgIpc) is 3.14. The number of thiophene rings is 1. The molecule has 3 amide bonds. The van der Waals surface area contributed by atoms with Gasteiger partial charge in [0.05, 0.1) is 6.61 Å². The Morgan fingerprint density at radius 3 is 2.37 bits per heavy atom. The highest BCUT2D eigenvalue weighted by molar-refractivity contribution is 7.80. The van der Waals surface area contributed by atoms with E-state index in [4.69, 9.17) is 21.7 Å². The SMILES string of the molecule is CCOC(=O)c1c(NC(=S)NC(=O)CN2C(=O)CCC2=O)sc(OC(=O)CC)c1C. The molecule has 0 bridgehead atoms. The van der Waals surface area contributed by atoms with Gasteiger partial charge in [-0.15, -0.1) is 0 Å². The van der Waals surface area contributed by atoms with Gasteiger partial charge < -0.3 is 20.1 Å². The molecule has 2 rings (SSSR count). The van der Waals surface area contributed by atoms with Crippen molar-refractivity contribution in [1.82, 2.24) is 10.2 Å². The highest BCUT2D eigenvalue weighted by atomic mass is 32.1. The maximum absolute atomic E-state index is 12.4. The number of esters is 2. The number of carbonyl (C=O) groups excluding carboxylic acids is 5. The molecule has 1 aliphatic rings. The highest BCUT2D eigenvalue weighted by Gasteiger charge is 2.31. The van der Waals surface area contributed by atoms with E-state index in [9.17, 15) is 24.0 Å². The van der Waals surface area contributed by atoms with E-state index < -0.39 is 36.2 Å². The number of nitrogens with one attached hydrogen (secondary N) is 2. The summed E-state index contributed by atoms with van der Waals surface area (Å²) < 4.78 is 10.3. The number of carbonyl (C=O) groups is 5. The number of rotatable bonds is 7. The van der Waals surface area contributed by atoms with Crippen LogP contribution in [-0.4, -0.2) is 52.8 Å². The number of likely N-dealkylation sites (tertiary alicyclic amines) is 1. The quantitative estimate of drug-likeness (QED) is 0.357. The van der Waals surface area contributed by atoms with E-state index in [2.05, 4.69) is 10.6 Å². The van der Waals surface area contributed by atoms with Gasteiger partial charge in [-0.1, -0.05) is 18.3 Å². The van der Waals surface area contributed by atoms with Gasteiger partial charge in [0.25, 0.3) is 0 Å². The van der Waals surface area contributed by atoms with Crippen LogP contribution in [0.2, 0.25) is 0 Å². The molecule has 1 fully saturated rings. The molecule has 2 N–H and O–H groups in total. The van der Waals surface area contributed by atoms with Gasteiger partial charge in [0.1, 0.15) is 17.1 Å². The van der Waals surface area contributed by atoms with Crippen LogP contribution in [0.15, 0.2) is 0 Å². The lowest BCUT2D eigenvalue weighted by molar-refractivity contribution is -0.142. The highest BCUT2D eigenvalue weighted by Crippen LogP contribution is 2.39. The molecule has 1 aromatic rings. The number of ether oxygens (including phenoxy) is 2. The van der Waals surface area contributed by atoms with Crippen LogP contribution >= 0.6 is 23.6 Å². The third kappa shape index (κ3) is 5.60. The summed E-state index contributed by atoms with van der Waals surface area (Å²) in [4.78, 5) is 60.2. The van der Waals surface area contributed by atoms with Crippen molar-refractivity contribution < 1.29 is 33.4 Å². The minimum Gasteiger partial charge on any atom is -0.462 e. The molecule has 12 heteroatoms. The van der Waals surface area contributed by atoms with Crippen LogP contribution in [-0.2, 0) is 23.9 Å². The third-order valence-corrected chi connectivity index (χ3v) is 5.30. The largest absolute Gasteiger partial charge is 0.462 e. The van der Waals surface area contributed by atoms with Crippen LogP contribution in [0.5, 0.6) is 5.06 Å². The molecule has 0 aliphatic carbocycles. The second kappa shape index (κ2) is 10.3. The first-order valence-electron chi connectivity index (χ1n) is 9.13. The number of amides is 3. The number of nitrogens with zero attached hydrogens (tertiary/aromatic N) is 1. The number of hydrogen-bond donors (Lipinski definition) is 2. The van der Waals surface area contributed by atoms with Crippen molar-refractivity contribution in [2.45, 2.75) is 40.0 Å². The van der Waals surface area contributed by atoms with Crippen molar-refractivity contribution in [2.75, 3.05) is 18.5 Å². The summed E-state index contributed by atoms with van der Waals surface area (Å²) in [5.41, 5.74) is 0.521. The second-order valence-corrected chi connectivity index (χ2v) is 7.53. The molecule has 0 unspecified atom stereocenters. The lowest BCUT2D eigenvalue weighted by Gasteiger charge is -2.14. The predicted molar refractivity (Wildman–Crippen MR) is 111 cm³/mol. The first-order valence-corrected chi connectivity index (χ1v) is 10.4. The molecule has 0 radical (unpaired) electrons. The Hall–Kier alpha value is -2.86. The van der Waals surface area contributed by atoms with Crippen LogP contribution in [0.25, 0.3) is 0 Å². The zero-order chi connectivity index (χ0) is 22.4. The van der Waals surface area contributed by atoms with E-state index in [0.29, 0.717) is 5.56 Å². The predicted octanol–water partition coefficient (Wildman–Crippen LogP) is 1.51. The topological polar surface area (TPSA) is 131 Å². The summed E-state index contributed by atoms with van der Waals surface area (Å²) in [5, 5.41) is 5.35. The van der Waals surface area contributed by atoms with Crippen molar-refractivity contribution >= 4 is 63.3 Å². The maximum Gasteiger partial charge on any atom is 0.341 e. The van der Waals surface area contributed by atoms with Crippen molar-refractivity contribution in [3.8, 4) is 5.06 Å². The van der Waals surface area contributed by atoms with Crippen LogP contribution in [0.4, 0.5) is 5.00 Å². The number of thiocarbonyl (C=S) groups is 1. The second-order valence-electron chi connectivity index (χ2n) is 6.14. The summed E-state index contributed by atoms with van der Waals surface area (Å²) in [6.07, 6.45) is 0.300. The zero-order valence-corrected chi connectivity index (χ0v) is 18.3. The molecule has 0 aromatic carbocycles. The fourth-order valence-electron chi connectivity index (χ4n) is 2.55. The van der Waals surface area contributed by atoms with Crippen molar-refractivity contribution in [3.05, 3.63) is 11.1 Å². The summed E-state index contributed by atoms with van der Waals surface area (Å²) in [5.74, 6) is -2.63. The van der Waals surface area contributed by atoms with Gasteiger partial charge in [-0.3, -0.25) is 24.1 Å². The van der Waals surface area contributed by atoms with Crippen molar-refractivity contribution in [2.24, 2.45) is 0 Å². The van der Waals surface area contributed by atoms with Crippen LogP contribution < -0.4 is 15.4 Å². The third-order valence-electron chi connectivity index (χ3n) is 4.01. The van der Waals surface area contributed by atoms with Gasteiger partial charge in [-0.05, 0) is 26.1 Å². The molecule has 0 atom stereocenters. The minimum atomic E-state index is -0.667. The van der Waals surface area contributed by atoms with Gasteiger partial charge in [0.2, 0.25) is 17.7 Å². The lowest BCUT2D eigenvalue weighted by Crippen LogP contribution is -2.43. The van der Waals surface area contributed by atoms with E-state index in [0.717, 1.165) is 16.2 Å². The monoisotopic (exact) mass is 455 g/mol. The minimum absolute atomic E-state index is 0.0748. The van der Waals surface area contributed by atoms with Crippen LogP contribution in [0.3, 0.4) is 0 Å². The Kier molecular flexibility index (Phi) is 8.00. The Labute approximate surface area is 181 Å². The van der Waals surface area contributed by atoms with E-state index in [1.165, 1.54) is 0 Å². The Bertz CT molecular complexity index is 894. The van der Waals surface area contributed by atoms with E-state index in [-0.39, 0.29) is 46.6 Å². The molecule has 0 spiro atoms. The molecule has 30 heavy (non-hydrogen) atoms. The zero-order valence-electron chi connectivity index (χ0n) is 16.7. The Balaban J connectivity index is 2.13. The summed E-state index contributed by atoms with van der Waals surface area (Å²) in [6, 6.07) is 0. The van der Waals surface area contributed by atoms with E-state index in [1.807, 2.05) is 0 Å². The normalized spacial score (nSPS) is 13.2. The van der Waals surface area contributed by atoms with Crippen LogP contribution in [0.1, 0.15) is 49.0 Å². The van der Waals surface area contributed by atoms with E-state index >= 15 is 0 Å². The number of hydrogen-bond acceptors (Lipinski definition) is 9. The van der Waals surface area contributed by atoms with E-state index in [1.54, 1.807) is 20.8 Å². The lowest BCUT2D eigenvalue weighted by atomic mass is 10.2. The van der Waals surface area contributed by atoms with Gasteiger partial charge in [-0.25, -0.2) is 4.79 Å². The molecule has 0 saturated carbocycles. The van der Waals surface area contributed by atoms with Gasteiger partial charge in [0, 0.05) is 24.8 Å². The summed E-state index contributed by atoms with van der Waals surface area (Å²) in [6.45, 7) is 4.57. The Morgan fingerprint density at radius 1 is 1.17 bits per heavy atom. The van der Waals surface area contributed by atoms with Gasteiger partial charge >= 0.3 is 11.9 Å². The van der Waals surface area contributed by atoms with Gasteiger partial charge in [0.15, 0.2) is 10.2 Å². The first kappa shape index (κ1) is 23.4. The summed E-state index contributed by atoms with van der Waals surface area (Å²) >= 11 is 6.06. The molecule has 2 heterocycles. The maximum atomic E-state index is 12.4. The molecular formula is C18H21N3O7S2. The fourth-order valence-corrected chi connectivity index (χ4v) is 3.89. The molecule has 1 saturated heterocycles. The molecular weight excluding hydrogens is 434 g/mol. The van der Waals surface area contributed by atoms with Gasteiger partial charge in [-0.2, -0.15) is 0 Å². The molecule has 1 aliphatic heterocycles. The molecule has 162 valence electrons. The van der Waals surface area contributed by atoms with Crippen LogP contribution in [0, 0.1) is 6.92 Å².